The van der Waals surface area contributed by atoms with Crippen molar-refractivity contribution < 1.29 is 13.2 Å². The van der Waals surface area contributed by atoms with Crippen LogP contribution in [0.3, 0.4) is 0 Å². The number of hydrogen-bond acceptors (Lipinski definition) is 7. The number of halogens is 3. The van der Waals surface area contributed by atoms with Gasteiger partial charge in [0, 0.05) is 24.4 Å². The molecular weight excluding hydrogens is 343 g/mol. The molecule has 0 N–H and O–H groups in total. The summed E-state index contributed by atoms with van der Waals surface area (Å²) in [5.74, 6) is 0.665. The third-order valence-corrected chi connectivity index (χ3v) is 4.97. The molecule has 24 heavy (non-hydrogen) atoms. The Morgan fingerprint density at radius 3 is 2.92 bits per heavy atom. The van der Waals surface area contributed by atoms with E-state index in [0.717, 1.165) is 36.1 Å². The molecule has 0 saturated carbocycles. The molecule has 3 aromatic rings. The number of piperidine rings is 1. The maximum atomic E-state index is 12.7. The predicted molar refractivity (Wildman–Crippen MR) is 79.9 cm³/mol. The second kappa shape index (κ2) is 5.65. The first-order chi connectivity index (χ1) is 11.5. The Morgan fingerprint density at radius 2 is 2.12 bits per heavy atom. The average molecular weight is 355 g/mol. The van der Waals surface area contributed by atoms with Crippen LogP contribution in [0.5, 0.6) is 0 Å². The van der Waals surface area contributed by atoms with E-state index >= 15 is 0 Å². The highest BCUT2D eigenvalue weighted by Gasteiger charge is 2.35. The minimum Gasteiger partial charge on any atom is -0.354 e. The molecule has 4 rings (SSSR count). The topological polar surface area (TPSA) is 72.1 Å². The van der Waals surface area contributed by atoms with Crippen molar-refractivity contribution in [3.63, 3.8) is 0 Å². The lowest BCUT2D eigenvalue weighted by Crippen LogP contribution is -2.35. The Kier molecular flexibility index (Phi) is 3.59. The molecule has 4 heterocycles. The Labute approximate surface area is 138 Å². The van der Waals surface area contributed by atoms with Gasteiger partial charge in [-0.05, 0) is 35.4 Å². The molecule has 3 aromatic heterocycles. The zero-order valence-corrected chi connectivity index (χ0v) is 13.1. The number of fused-ring (bicyclic) bond motifs is 1. The number of nitrogens with zero attached hydrogens (tertiary/aromatic N) is 7. The number of tetrazole rings is 1. The van der Waals surface area contributed by atoms with Gasteiger partial charge in [-0.3, -0.25) is 0 Å². The van der Waals surface area contributed by atoms with E-state index < -0.39 is 11.9 Å². The minimum absolute atomic E-state index is 0.0359. The van der Waals surface area contributed by atoms with Crippen LogP contribution in [0.2, 0.25) is 0 Å². The zero-order chi connectivity index (χ0) is 16.7. The molecule has 0 amide bonds. The maximum Gasteiger partial charge on any atom is 0.434 e. The van der Waals surface area contributed by atoms with Crippen molar-refractivity contribution in [2.45, 2.75) is 24.9 Å². The van der Waals surface area contributed by atoms with Crippen molar-refractivity contribution in [2.24, 2.45) is 0 Å². The summed E-state index contributed by atoms with van der Waals surface area (Å²) in [6.07, 6.45) is -2.72. The smallest absolute Gasteiger partial charge is 0.354 e. The van der Waals surface area contributed by atoms with Gasteiger partial charge in [-0.2, -0.15) is 13.2 Å². The van der Waals surface area contributed by atoms with Crippen molar-refractivity contribution in [1.82, 2.24) is 30.2 Å². The van der Waals surface area contributed by atoms with E-state index in [1.807, 2.05) is 11.0 Å². The average Bonchev–Trinajstić information content (AvgIpc) is 3.23. The molecule has 0 aromatic carbocycles. The molecule has 11 heteroatoms. The summed E-state index contributed by atoms with van der Waals surface area (Å²) in [6, 6.07) is 3.58. The Balaban J connectivity index is 1.56. The van der Waals surface area contributed by atoms with Crippen LogP contribution >= 0.6 is 11.3 Å². The molecule has 0 radical (unpaired) electrons. The van der Waals surface area contributed by atoms with Gasteiger partial charge in [-0.25, -0.2) is 4.98 Å². The molecule has 1 unspecified atom stereocenters. The molecule has 1 saturated heterocycles. The second-order valence-corrected chi connectivity index (χ2v) is 6.46. The predicted octanol–water partition coefficient (Wildman–Crippen LogP) is 2.38. The van der Waals surface area contributed by atoms with Crippen LogP contribution in [0, 0.1) is 0 Å². The van der Waals surface area contributed by atoms with Crippen molar-refractivity contribution in [3.05, 3.63) is 28.2 Å². The van der Waals surface area contributed by atoms with E-state index in [2.05, 4.69) is 25.6 Å². The van der Waals surface area contributed by atoms with Gasteiger partial charge in [0.25, 0.3) is 0 Å². The van der Waals surface area contributed by atoms with Crippen LogP contribution in [0.25, 0.3) is 5.65 Å². The fourth-order valence-electron chi connectivity index (χ4n) is 2.80. The number of aromatic nitrogens is 6. The van der Waals surface area contributed by atoms with E-state index in [4.69, 9.17) is 0 Å². The van der Waals surface area contributed by atoms with Crippen molar-refractivity contribution in [1.29, 1.82) is 0 Å². The normalized spacial score (nSPS) is 19.1. The molecule has 0 spiro atoms. The SMILES string of the molecule is FC(F)(F)c1csc(C2CCCN(c3ccc4nnnn4n3)C2)n1. The van der Waals surface area contributed by atoms with Crippen LogP contribution < -0.4 is 4.90 Å². The molecule has 1 atom stereocenters. The Hall–Kier alpha value is -2.30. The number of anilines is 1. The first kappa shape index (κ1) is 15.2. The molecule has 0 bridgehead atoms. The Morgan fingerprint density at radius 1 is 1.25 bits per heavy atom. The third-order valence-electron chi connectivity index (χ3n) is 3.96. The number of hydrogen-bond donors (Lipinski definition) is 0. The van der Waals surface area contributed by atoms with Gasteiger partial charge in [0.15, 0.2) is 17.2 Å². The van der Waals surface area contributed by atoms with Gasteiger partial charge in [0.2, 0.25) is 0 Å². The monoisotopic (exact) mass is 355 g/mol. The van der Waals surface area contributed by atoms with Gasteiger partial charge in [0.1, 0.15) is 0 Å². The fourth-order valence-corrected chi connectivity index (χ4v) is 3.76. The quantitative estimate of drug-likeness (QED) is 0.703. The lowest BCUT2D eigenvalue weighted by molar-refractivity contribution is -0.140. The van der Waals surface area contributed by atoms with E-state index in [1.54, 1.807) is 6.07 Å². The van der Waals surface area contributed by atoms with E-state index in [9.17, 15) is 13.2 Å². The van der Waals surface area contributed by atoms with Gasteiger partial charge in [-0.15, -0.1) is 26.2 Å². The summed E-state index contributed by atoms with van der Waals surface area (Å²) in [4.78, 5) is 5.82. The summed E-state index contributed by atoms with van der Waals surface area (Å²) in [5.41, 5.74) is -0.269. The number of rotatable bonds is 2. The molecule has 1 aliphatic heterocycles. The van der Waals surface area contributed by atoms with Crippen LogP contribution in [-0.2, 0) is 6.18 Å². The Bertz CT molecular complexity index is 858. The maximum absolute atomic E-state index is 12.7. The number of alkyl halides is 3. The second-order valence-electron chi connectivity index (χ2n) is 5.57. The van der Waals surface area contributed by atoms with E-state index in [0.29, 0.717) is 23.0 Å². The summed E-state index contributed by atoms with van der Waals surface area (Å²) >= 11 is 1.07. The van der Waals surface area contributed by atoms with Crippen LogP contribution in [-0.4, -0.2) is 43.3 Å². The first-order valence-corrected chi connectivity index (χ1v) is 8.22. The van der Waals surface area contributed by atoms with Crippen molar-refractivity contribution >= 4 is 22.8 Å². The summed E-state index contributed by atoms with van der Waals surface area (Å²) < 4.78 is 39.5. The summed E-state index contributed by atoms with van der Waals surface area (Å²) in [5, 5.41) is 17.1. The van der Waals surface area contributed by atoms with Crippen molar-refractivity contribution in [3.8, 4) is 0 Å². The third kappa shape index (κ3) is 2.79. The van der Waals surface area contributed by atoms with E-state index in [1.165, 1.54) is 4.63 Å². The van der Waals surface area contributed by atoms with Crippen LogP contribution in [0.15, 0.2) is 17.5 Å². The van der Waals surface area contributed by atoms with E-state index in [-0.39, 0.29) is 5.92 Å². The largest absolute Gasteiger partial charge is 0.434 e. The van der Waals surface area contributed by atoms with Gasteiger partial charge in [0.05, 0.1) is 5.01 Å². The molecule has 1 aliphatic rings. The molecular formula is C13H12F3N7S. The lowest BCUT2D eigenvalue weighted by Gasteiger charge is -2.32. The molecule has 126 valence electrons. The first-order valence-electron chi connectivity index (χ1n) is 7.34. The molecule has 0 aliphatic carbocycles. The standard InChI is InChI=1S/C13H12F3N7S/c14-13(15,16)9-7-24-12(17-9)8-2-1-5-22(6-8)11-4-3-10-18-20-21-23(10)19-11/h3-4,7-8H,1-2,5-6H2. The zero-order valence-electron chi connectivity index (χ0n) is 12.3. The summed E-state index contributed by atoms with van der Waals surface area (Å²) in [6.45, 7) is 1.36. The highest BCUT2D eigenvalue weighted by molar-refractivity contribution is 7.09. The van der Waals surface area contributed by atoms with Crippen molar-refractivity contribution in [2.75, 3.05) is 18.0 Å². The number of thiazole rings is 1. The fraction of sp³-hybridized carbons (Fsp3) is 0.462. The van der Waals surface area contributed by atoms with Crippen LogP contribution in [0.4, 0.5) is 19.0 Å². The van der Waals surface area contributed by atoms with Gasteiger partial charge >= 0.3 is 6.18 Å². The van der Waals surface area contributed by atoms with Gasteiger partial charge in [-0.1, -0.05) is 0 Å². The molecule has 1 fully saturated rings. The highest BCUT2D eigenvalue weighted by Crippen LogP contribution is 2.35. The van der Waals surface area contributed by atoms with Crippen LogP contribution in [0.1, 0.15) is 29.5 Å². The minimum atomic E-state index is -4.39. The highest BCUT2D eigenvalue weighted by atomic mass is 32.1. The van der Waals surface area contributed by atoms with Gasteiger partial charge < -0.3 is 4.90 Å². The lowest BCUT2D eigenvalue weighted by atomic mass is 9.99. The molecule has 7 nitrogen and oxygen atoms in total. The summed E-state index contributed by atoms with van der Waals surface area (Å²) in [7, 11) is 0.